The lowest BCUT2D eigenvalue weighted by molar-refractivity contribution is -0.116. The molecule has 1 nitrogen and oxygen atoms in total. The first-order valence-electron chi connectivity index (χ1n) is 5.78. The Bertz CT molecular complexity index is 569. The lowest BCUT2D eigenvalue weighted by Gasteiger charge is -2.03. The minimum Gasteiger partial charge on any atom is -0.298 e. The Morgan fingerprint density at radius 1 is 1.11 bits per heavy atom. The van der Waals surface area contributed by atoms with Crippen molar-refractivity contribution in [3.8, 4) is 0 Å². The highest BCUT2D eigenvalue weighted by Gasteiger charge is 2.08. The van der Waals surface area contributed by atoms with E-state index in [0.29, 0.717) is 16.3 Å². The second-order valence-corrected chi connectivity index (χ2v) is 5.53. The summed E-state index contributed by atoms with van der Waals surface area (Å²) in [6.45, 7) is 0. The van der Waals surface area contributed by atoms with Crippen molar-refractivity contribution < 1.29 is 9.18 Å². The van der Waals surface area contributed by atoms with Gasteiger partial charge in [-0.3, -0.25) is 4.79 Å². The molecule has 0 amide bonds. The second-order valence-electron chi connectivity index (χ2n) is 4.05. The van der Waals surface area contributed by atoms with E-state index in [1.54, 1.807) is 30.3 Å². The first kappa shape index (κ1) is 14.1. The van der Waals surface area contributed by atoms with E-state index in [1.807, 2.05) is 12.1 Å². The fourth-order valence-corrected chi connectivity index (χ4v) is 2.48. The second kappa shape index (κ2) is 6.73. The Morgan fingerprint density at radius 3 is 2.47 bits per heavy atom. The van der Waals surface area contributed by atoms with Gasteiger partial charge in [-0.1, -0.05) is 29.8 Å². The molecule has 0 aliphatic rings. The van der Waals surface area contributed by atoms with E-state index in [-0.39, 0.29) is 18.0 Å². The molecule has 0 aromatic heterocycles. The van der Waals surface area contributed by atoms with E-state index in [2.05, 4.69) is 0 Å². The fraction of sp³-hybridized carbons (Fsp3) is 0.133. The number of carbonyl (C=O) groups is 1. The van der Waals surface area contributed by atoms with Gasteiger partial charge in [0.2, 0.25) is 0 Å². The number of thioether (sulfide) groups is 1. The summed E-state index contributed by atoms with van der Waals surface area (Å²) in [5.74, 6) is 0.00747. The molecule has 0 radical (unpaired) electrons. The minimum absolute atomic E-state index is 0.00468. The molecule has 0 saturated heterocycles. The number of benzene rings is 2. The summed E-state index contributed by atoms with van der Waals surface area (Å²) in [5.41, 5.74) is 0.448. The van der Waals surface area contributed by atoms with E-state index >= 15 is 0 Å². The molecule has 2 aromatic carbocycles. The van der Waals surface area contributed by atoms with E-state index in [0.717, 1.165) is 4.90 Å². The average Bonchev–Trinajstić information content (AvgIpc) is 2.41. The summed E-state index contributed by atoms with van der Waals surface area (Å²) >= 11 is 7.21. The van der Waals surface area contributed by atoms with E-state index in [1.165, 1.54) is 17.8 Å². The zero-order chi connectivity index (χ0) is 13.7. The van der Waals surface area contributed by atoms with Crippen LogP contribution in [0.2, 0.25) is 5.02 Å². The Kier molecular flexibility index (Phi) is 5.00. The number of rotatable bonds is 5. The number of hydrogen-bond donors (Lipinski definition) is 0. The SMILES string of the molecule is O=C(CSc1ccc(Cl)cc1)Cc1ccccc1F. The quantitative estimate of drug-likeness (QED) is 0.761. The number of hydrogen-bond acceptors (Lipinski definition) is 2. The van der Waals surface area contributed by atoms with Crippen LogP contribution in [-0.4, -0.2) is 11.5 Å². The fourth-order valence-electron chi connectivity index (χ4n) is 1.60. The number of Topliss-reactive ketones (excluding diaryl/α,β-unsaturated/α-hetero) is 1. The zero-order valence-electron chi connectivity index (χ0n) is 10.1. The standard InChI is InChI=1S/C15H12ClFOS/c16-12-5-7-14(8-6-12)19-10-13(18)9-11-3-1-2-4-15(11)17/h1-8H,9-10H2. The summed E-state index contributed by atoms with van der Waals surface area (Å²) in [4.78, 5) is 12.8. The molecule has 98 valence electrons. The Morgan fingerprint density at radius 2 is 1.79 bits per heavy atom. The van der Waals surface area contributed by atoms with Crippen molar-refractivity contribution in [1.82, 2.24) is 0 Å². The minimum atomic E-state index is -0.327. The molecule has 0 aliphatic heterocycles. The van der Waals surface area contributed by atoms with Crippen molar-refractivity contribution in [2.45, 2.75) is 11.3 Å². The van der Waals surface area contributed by atoms with Crippen LogP contribution in [0.4, 0.5) is 4.39 Å². The third-order valence-electron chi connectivity index (χ3n) is 2.56. The molecule has 2 aromatic rings. The van der Waals surface area contributed by atoms with Crippen LogP contribution in [0.25, 0.3) is 0 Å². The van der Waals surface area contributed by atoms with E-state index in [4.69, 9.17) is 11.6 Å². The third-order valence-corrected chi connectivity index (χ3v) is 3.88. The Hall–Kier alpha value is -1.32. The van der Waals surface area contributed by atoms with Gasteiger partial charge in [-0.25, -0.2) is 4.39 Å². The van der Waals surface area contributed by atoms with Crippen LogP contribution in [0.3, 0.4) is 0 Å². The average molecular weight is 295 g/mol. The van der Waals surface area contributed by atoms with Gasteiger partial charge in [-0.05, 0) is 35.9 Å². The molecular weight excluding hydrogens is 283 g/mol. The molecule has 4 heteroatoms. The van der Waals surface area contributed by atoms with Crippen molar-refractivity contribution in [2.75, 3.05) is 5.75 Å². The van der Waals surface area contributed by atoms with Crippen LogP contribution < -0.4 is 0 Å². The van der Waals surface area contributed by atoms with Gasteiger partial charge in [0.05, 0.1) is 5.75 Å². The molecule has 0 unspecified atom stereocenters. The molecule has 0 bridgehead atoms. The predicted molar refractivity (Wildman–Crippen MR) is 77.3 cm³/mol. The molecule has 2 rings (SSSR count). The van der Waals surface area contributed by atoms with Crippen molar-refractivity contribution >= 4 is 29.1 Å². The Balaban J connectivity index is 1.88. The number of halogens is 2. The topological polar surface area (TPSA) is 17.1 Å². The summed E-state index contributed by atoms with van der Waals surface area (Å²) in [7, 11) is 0. The van der Waals surface area contributed by atoms with Crippen LogP contribution in [0.1, 0.15) is 5.56 Å². The Labute approximate surface area is 120 Å². The largest absolute Gasteiger partial charge is 0.298 e. The molecule has 0 atom stereocenters. The van der Waals surface area contributed by atoms with Gasteiger partial charge in [0.15, 0.2) is 0 Å². The maximum atomic E-state index is 13.4. The molecule has 0 fully saturated rings. The summed E-state index contributed by atoms with van der Waals surface area (Å²) < 4.78 is 13.4. The smallest absolute Gasteiger partial charge is 0.147 e. The highest BCUT2D eigenvalue weighted by molar-refractivity contribution is 8.00. The van der Waals surface area contributed by atoms with Crippen LogP contribution in [-0.2, 0) is 11.2 Å². The monoisotopic (exact) mass is 294 g/mol. The van der Waals surface area contributed by atoms with Crippen molar-refractivity contribution in [2.24, 2.45) is 0 Å². The molecule has 0 N–H and O–H groups in total. The molecule has 19 heavy (non-hydrogen) atoms. The van der Waals surface area contributed by atoms with Crippen molar-refractivity contribution in [3.63, 3.8) is 0 Å². The highest BCUT2D eigenvalue weighted by atomic mass is 35.5. The van der Waals surface area contributed by atoms with Crippen molar-refractivity contribution in [1.29, 1.82) is 0 Å². The van der Waals surface area contributed by atoms with E-state index in [9.17, 15) is 9.18 Å². The van der Waals surface area contributed by atoms with Crippen LogP contribution >= 0.6 is 23.4 Å². The normalized spacial score (nSPS) is 10.4. The van der Waals surface area contributed by atoms with Crippen LogP contribution in [0.5, 0.6) is 0 Å². The van der Waals surface area contributed by atoms with E-state index < -0.39 is 0 Å². The van der Waals surface area contributed by atoms with Gasteiger partial charge in [-0.2, -0.15) is 0 Å². The number of ketones is 1. The number of carbonyl (C=O) groups excluding carboxylic acids is 1. The first-order valence-corrected chi connectivity index (χ1v) is 7.15. The molecule has 0 saturated carbocycles. The molecular formula is C15H12ClFOS. The van der Waals surface area contributed by atoms with Crippen LogP contribution in [0, 0.1) is 5.82 Å². The van der Waals surface area contributed by atoms with Gasteiger partial charge >= 0.3 is 0 Å². The summed E-state index contributed by atoms with van der Waals surface area (Å²) in [5, 5.41) is 0.669. The van der Waals surface area contributed by atoms with Gasteiger partial charge in [0.25, 0.3) is 0 Å². The lowest BCUT2D eigenvalue weighted by atomic mass is 10.1. The van der Waals surface area contributed by atoms with Gasteiger partial charge < -0.3 is 0 Å². The molecule has 0 aliphatic carbocycles. The van der Waals surface area contributed by atoms with Gasteiger partial charge in [0, 0.05) is 16.3 Å². The maximum Gasteiger partial charge on any atom is 0.147 e. The van der Waals surface area contributed by atoms with Gasteiger partial charge in [0.1, 0.15) is 11.6 Å². The maximum absolute atomic E-state index is 13.4. The van der Waals surface area contributed by atoms with Crippen LogP contribution in [0.15, 0.2) is 53.4 Å². The van der Waals surface area contributed by atoms with Crippen molar-refractivity contribution in [3.05, 3.63) is 64.9 Å². The van der Waals surface area contributed by atoms with Gasteiger partial charge in [-0.15, -0.1) is 11.8 Å². The summed E-state index contributed by atoms with van der Waals surface area (Å²) in [6.07, 6.45) is 0.132. The zero-order valence-corrected chi connectivity index (χ0v) is 11.7. The summed E-state index contributed by atoms with van der Waals surface area (Å²) in [6, 6.07) is 13.7. The predicted octanol–water partition coefficient (Wildman–Crippen LogP) is 4.38. The molecule has 0 heterocycles. The lowest BCUT2D eigenvalue weighted by Crippen LogP contribution is -2.07. The highest BCUT2D eigenvalue weighted by Crippen LogP contribution is 2.21. The third kappa shape index (κ3) is 4.37. The first-order chi connectivity index (χ1) is 9.15. The molecule has 0 spiro atoms.